The standard InChI is InChI=1S/C24H24N4O/c1-23(2)21-12-17-16(13-25)5-4-6-18(17)24(23,3)9-10-28(21)22(29)15-7-8-19-20(11-15)27-14-26-19/h4-8,11,14,21H,9-10,12H2,1-3H3,(H,26,27)/t21-,24-/m1/s1. The lowest BCUT2D eigenvalue weighted by Crippen LogP contribution is -2.65. The van der Waals surface area contributed by atoms with Gasteiger partial charge in [-0.05, 0) is 53.6 Å². The smallest absolute Gasteiger partial charge is 0.254 e. The molecule has 2 aromatic carbocycles. The molecular weight excluding hydrogens is 360 g/mol. The van der Waals surface area contributed by atoms with Gasteiger partial charge in [0.15, 0.2) is 0 Å². The first-order valence-corrected chi connectivity index (χ1v) is 10.1. The van der Waals surface area contributed by atoms with Gasteiger partial charge in [0.1, 0.15) is 0 Å². The molecule has 5 rings (SSSR count). The van der Waals surface area contributed by atoms with Crippen molar-refractivity contribution >= 4 is 16.9 Å². The van der Waals surface area contributed by atoms with Crippen LogP contribution in [0.2, 0.25) is 0 Å². The highest BCUT2D eigenvalue weighted by molar-refractivity contribution is 5.97. The maximum Gasteiger partial charge on any atom is 0.254 e. The predicted octanol–water partition coefficient (Wildman–Crippen LogP) is 4.19. The molecule has 5 heteroatoms. The Hall–Kier alpha value is -3.13. The molecule has 2 atom stereocenters. The van der Waals surface area contributed by atoms with Gasteiger partial charge < -0.3 is 9.88 Å². The summed E-state index contributed by atoms with van der Waals surface area (Å²) in [7, 11) is 0. The van der Waals surface area contributed by atoms with Crippen molar-refractivity contribution in [3.63, 3.8) is 0 Å². The lowest BCUT2D eigenvalue weighted by Gasteiger charge is -2.61. The molecule has 5 nitrogen and oxygen atoms in total. The number of imidazole rings is 1. The average molecular weight is 384 g/mol. The van der Waals surface area contributed by atoms with Crippen molar-refractivity contribution in [1.29, 1.82) is 5.26 Å². The zero-order chi connectivity index (χ0) is 20.4. The third-order valence-corrected chi connectivity index (χ3v) is 7.70. The van der Waals surface area contributed by atoms with Gasteiger partial charge in [0.2, 0.25) is 0 Å². The van der Waals surface area contributed by atoms with Gasteiger partial charge >= 0.3 is 0 Å². The van der Waals surface area contributed by atoms with Crippen LogP contribution in [0, 0.1) is 16.7 Å². The third-order valence-electron chi connectivity index (χ3n) is 7.70. The van der Waals surface area contributed by atoms with Gasteiger partial charge in [0, 0.05) is 23.6 Å². The summed E-state index contributed by atoms with van der Waals surface area (Å²) in [4.78, 5) is 22.9. The van der Waals surface area contributed by atoms with E-state index in [0.29, 0.717) is 5.56 Å². The second-order valence-electron chi connectivity index (χ2n) is 9.10. The van der Waals surface area contributed by atoms with Crippen LogP contribution in [0.1, 0.15) is 54.2 Å². The Morgan fingerprint density at radius 1 is 1.28 bits per heavy atom. The molecule has 0 saturated carbocycles. The first-order chi connectivity index (χ1) is 13.9. The minimum Gasteiger partial charge on any atom is -0.345 e. The number of H-pyrrole nitrogens is 1. The number of piperidine rings is 1. The number of hydrogen-bond donors (Lipinski definition) is 1. The quantitative estimate of drug-likeness (QED) is 0.684. The number of rotatable bonds is 1. The maximum absolute atomic E-state index is 13.6. The number of likely N-dealkylation sites (tertiary alicyclic amines) is 1. The number of aromatic amines is 1. The molecule has 2 aliphatic rings. The summed E-state index contributed by atoms with van der Waals surface area (Å²) in [5.41, 5.74) is 5.38. The Kier molecular flexibility index (Phi) is 3.67. The molecule has 1 aromatic heterocycles. The second kappa shape index (κ2) is 5.93. The molecule has 3 aromatic rings. The van der Waals surface area contributed by atoms with Crippen molar-refractivity contribution in [1.82, 2.24) is 14.9 Å². The van der Waals surface area contributed by atoms with Gasteiger partial charge in [0.25, 0.3) is 5.91 Å². The Morgan fingerprint density at radius 3 is 2.90 bits per heavy atom. The van der Waals surface area contributed by atoms with Gasteiger partial charge in [-0.25, -0.2) is 4.98 Å². The summed E-state index contributed by atoms with van der Waals surface area (Å²) in [6.07, 6.45) is 3.26. The van der Waals surface area contributed by atoms with Crippen LogP contribution in [-0.2, 0) is 11.8 Å². The lowest BCUT2D eigenvalue weighted by atomic mass is 9.50. The van der Waals surface area contributed by atoms with Gasteiger partial charge in [0.05, 0.1) is 29.0 Å². The van der Waals surface area contributed by atoms with Gasteiger partial charge in [-0.2, -0.15) is 5.26 Å². The Bertz CT molecular complexity index is 1190. The Labute approximate surface area is 170 Å². The van der Waals surface area contributed by atoms with Crippen LogP contribution < -0.4 is 0 Å². The molecule has 0 unspecified atom stereocenters. The van der Waals surface area contributed by atoms with Crippen molar-refractivity contribution in [2.45, 2.75) is 45.1 Å². The van der Waals surface area contributed by atoms with Crippen LogP contribution in [0.15, 0.2) is 42.7 Å². The number of nitriles is 1. The summed E-state index contributed by atoms with van der Waals surface area (Å²) in [5.74, 6) is 0.0551. The fourth-order valence-electron chi connectivity index (χ4n) is 5.53. The van der Waals surface area contributed by atoms with E-state index >= 15 is 0 Å². The highest BCUT2D eigenvalue weighted by Gasteiger charge is 2.57. The number of aromatic nitrogens is 2. The molecular formula is C24H24N4O. The van der Waals surface area contributed by atoms with E-state index in [1.807, 2.05) is 35.2 Å². The van der Waals surface area contributed by atoms with Gasteiger partial charge in [-0.3, -0.25) is 4.79 Å². The van der Waals surface area contributed by atoms with Gasteiger partial charge in [-0.1, -0.05) is 32.9 Å². The normalized spacial score (nSPS) is 24.8. The van der Waals surface area contributed by atoms with E-state index in [0.717, 1.165) is 41.5 Å². The number of amides is 1. The van der Waals surface area contributed by atoms with Crippen molar-refractivity contribution < 1.29 is 4.79 Å². The molecule has 1 saturated heterocycles. The largest absolute Gasteiger partial charge is 0.345 e. The van der Waals surface area contributed by atoms with Crippen LogP contribution in [0.25, 0.3) is 11.0 Å². The molecule has 1 fully saturated rings. The molecule has 2 bridgehead atoms. The van der Waals surface area contributed by atoms with E-state index < -0.39 is 0 Å². The van der Waals surface area contributed by atoms with E-state index in [2.05, 4.69) is 42.9 Å². The topological polar surface area (TPSA) is 72.8 Å². The molecule has 146 valence electrons. The van der Waals surface area contributed by atoms with Crippen molar-refractivity contribution in [2.75, 3.05) is 6.54 Å². The number of nitrogens with zero attached hydrogens (tertiary/aromatic N) is 3. The minimum absolute atomic E-state index is 0.0493. The second-order valence-corrected chi connectivity index (χ2v) is 9.10. The van der Waals surface area contributed by atoms with E-state index in [4.69, 9.17) is 0 Å². The van der Waals surface area contributed by atoms with Gasteiger partial charge in [-0.15, -0.1) is 0 Å². The highest BCUT2D eigenvalue weighted by Crippen LogP contribution is 2.56. The SMILES string of the molecule is CC1(C)[C@H]2Cc3c(C#N)cccc3[C@@]1(C)CCN2C(=O)c1ccc2nc[nH]c2c1. The molecule has 0 radical (unpaired) electrons. The number of nitrogens with one attached hydrogen (secondary N) is 1. The molecule has 0 spiro atoms. The monoisotopic (exact) mass is 384 g/mol. The van der Waals surface area contributed by atoms with Crippen LogP contribution in [0.5, 0.6) is 0 Å². The number of hydrogen-bond acceptors (Lipinski definition) is 3. The molecule has 1 amide bonds. The van der Waals surface area contributed by atoms with Crippen LogP contribution in [-0.4, -0.2) is 33.4 Å². The summed E-state index contributed by atoms with van der Waals surface area (Å²) in [6.45, 7) is 7.58. The van der Waals surface area contributed by atoms with Crippen LogP contribution in [0.4, 0.5) is 0 Å². The first kappa shape index (κ1) is 17.9. The van der Waals surface area contributed by atoms with Crippen molar-refractivity contribution in [3.8, 4) is 6.07 Å². The number of fused-ring (bicyclic) bond motifs is 5. The van der Waals surface area contributed by atoms with Crippen LogP contribution >= 0.6 is 0 Å². The fourth-order valence-corrected chi connectivity index (χ4v) is 5.53. The molecule has 29 heavy (non-hydrogen) atoms. The summed E-state index contributed by atoms with van der Waals surface area (Å²) < 4.78 is 0. The summed E-state index contributed by atoms with van der Waals surface area (Å²) in [6, 6.07) is 14.1. The molecule has 1 N–H and O–H groups in total. The zero-order valence-electron chi connectivity index (χ0n) is 17.0. The average Bonchev–Trinajstić information content (AvgIpc) is 3.17. The van der Waals surface area contributed by atoms with Crippen LogP contribution in [0.3, 0.4) is 0 Å². The number of carbonyl (C=O) groups excluding carboxylic acids is 1. The maximum atomic E-state index is 13.6. The Morgan fingerprint density at radius 2 is 2.10 bits per heavy atom. The lowest BCUT2D eigenvalue weighted by molar-refractivity contribution is -0.0262. The third kappa shape index (κ3) is 2.32. The minimum atomic E-state index is -0.0971. The predicted molar refractivity (Wildman–Crippen MR) is 112 cm³/mol. The summed E-state index contributed by atoms with van der Waals surface area (Å²) >= 11 is 0. The molecule has 2 heterocycles. The van der Waals surface area contributed by atoms with E-state index in [1.54, 1.807) is 6.33 Å². The van der Waals surface area contributed by atoms with Crippen molar-refractivity contribution in [2.24, 2.45) is 5.41 Å². The fraction of sp³-hybridized carbons (Fsp3) is 0.375. The number of benzene rings is 2. The molecule has 1 aliphatic heterocycles. The van der Waals surface area contributed by atoms with E-state index in [-0.39, 0.29) is 22.8 Å². The highest BCUT2D eigenvalue weighted by atomic mass is 16.2. The Balaban J connectivity index is 1.60. The number of carbonyl (C=O) groups is 1. The van der Waals surface area contributed by atoms with Crippen molar-refractivity contribution in [3.05, 3.63) is 65.0 Å². The summed E-state index contributed by atoms with van der Waals surface area (Å²) in [5, 5.41) is 9.66. The first-order valence-electron chi connectivity index (χ1n) is 10.1. The zero-order valence-corrected chi connectivity index (χ0v) is 17.0. The molecule has 1 aliphatic carbocycles. The van der Waals surface area contributed by atoms with E-state index in [9.17, 15) is 10.1 Å². The van der Waals surface area contributed by atoms with E-state index in [1.165, 1.54) is 5.56 Å².